The van der Waals surface area contributed by atoms with Crippen molar-refractivity contribution in [1.29, 1.82) is 0 Å². The van der Waals surface area contributed by atoms with Gasteiger partial charge in [-0.1, -0.05) is 0 Å². The van der Waals surface area contributed by atoms with Gasteiger partial charge in [0.15, 0.2) is 0 Å². The highest BCUT2D eigenvalue weighted by atomic mass is 16.6. The number of carboxylic acids is 1. The number of hydrazine groups is 1. The van der Waals surface area contributed by atoms with E-state index < -0.39 is 22.7 Å². The summed E-state index contributed by atoms with van der Waals surface area (Å²) >= 11 is 0. The summed E-state index contributed by atoms with van der Waals surface area (Å²) in [5.74, 6) is -2.43. The number of nitrogens with one attached hydrogen (secondary N) is 2. The summed E-state index contributed by atoms with van der Waals surface area (Å²) in [4.78, 5) is 43.3. The number of benzene rings is 1. The summed E-state index contributed by atoms with van der Waals surface area (Å²) in [6.07, 6.45) is -0.618. The summed E-state index contributed by atoms with van der Waals surface area (Å²) in [7, 11) is 0. The van der Waals surface area contributed by atoms with Crippen molar-refractivity contribution in [3.8, 4) is 0 Å². The van der Waals surface area contributed by atoms with Gasteiger partial charge >= 0.3 is 5.97 Å². The minimum atomic E-state index is -1.12. The van der Waals surface area contributed by atoms with Crippen molar-refractivity contribution in [3.63, 3.8) is 0 Å². The van der Waals surface area contributed by atoms with E-state index in [0.717, 1.165) is 0 Å². The molecule has 0 fully saturated rings. The number of carboxylic acid groups (broad SMARTS) is 1. The number of aliphatic carboxylic acids is 1. The molecule has 0 unspecified atom stereocenters. The van der Waals surface area contributed by atoms with E-state index in [-0.39, 0.29) is 24.1 Å². The third kappa shape index (κ3) is 4.90. The molecule has 0 heterocycles. The molecule has 0 bridgehead atoms. The van der Waals surface area contributed by atoms with Crippen molar-refractivity contribution in [2.45, 2.75) is 19.8 Å². The van der Waals surface area contributed by atoms with Crippen LogP contribution in [0, 0.1) is 17.0 Å². The summed E-state index contributed by atoms with van der Waals surface area (Å²) in [6.45, 7) is 1.49. The van der Waals surface area contributed by atoms with Gasteiger partial charge in [0.2, 0.25) is 5.91 Å². The Hall–Kier alpha value is -2.97. The number of hydrogen-bond donors (Lipinski definition) is 3. The normalized spacial score (nSPS) is 9.76. The molecule has 0 saturated carbocycles. The topological polar surface area (TPSA) is 139 Å². The van der Waals surface area contributed by atoms with Crippen LogP contribution in [-0.2, 0) is 9.59 Å². The number of carbonyl (C=O) groups is 3. The number of nitrogens with zero attached hydrogens (tertiary/aromatic N) is 1. The van der Waals surface area contributed by atoms with E-state index in [0.29, 0.717) is 5.56 Å². The van der Waals surface area contributed by atoms with Gasteiger partial charge < -0.3 is 5.11 Å². The Labute approximate surface area is 119 Å². The Morgan fingerprint density at radius 1 is 1.24 bits per heavy atom. The first-order valence-electron chi connectivity index (χ1n) is 5.87. The molecule has 1 rings (SSSR count). The van der Waals surface area contributed by atoms with E-state index in [4.69, 9.17) is 5.11 Å². The maximum atomic E-state index is 11.7. The number of hydrogen-bond acceptors (Lipinski definition) is 5. The van der Waals surface area contributed by atoms with Gasteiger partial charge in [0.25, 0.3) is 11.6 Å². The highest BCUT2D eigenvalue weighted by molar-refractivity contribution is 5.96. The van der Waals surface area contributed by atoms with Gasteiger partial charge in [0.05, 0.1) is 11.3 Å². The average molecular weight is 295 g/mol. The fourth-order valence-electron chi connectivity index (χ4n) is 1.48. The lowest BCUT2D eigenvalue weighted by Crippen LogP contribution is -2.41. The highest BCUT2D eigenvalue weighted by Crippen LogP contribution is 2.18. The minimum absolute atomic E-state index is 0.114. The summed E-state index contributed by atoms with van der Waals surface area (Å²) in [5.41, 5.74) is 4.49. The van der Waals surface area contributed by atoms with Crippen molar-refractivity contribution in [3.05, 3.63) is 39.4 Å². The molecule has 112 valence electrons. The highest BCUT2D eigenvalue weighted by Gasteiger charge is 2.14. The molecule has 0 spiro atoms. The maximum Gasteiger partial charge on any atom is 0.303 e. The van der Waals surface area contributed by atoms with Gasteiger partial charge in [0.1, 0.15) is 0 Å². The molecule has 9 nitrogen and oxygen atoms in total. The lowest BCUT2D eigenvalue weighted by atomic mass is 10.1. The van der Waals surface area contributed by atoms with Crippen LogP contribution in [0.2, 0.25) is 0 Å². The second kappa shape index (κ2) is 6.98. The molecule has 21 heavy (non-hydrogen) atoms. The summed E-state index contributed by atoms with van der Waals surface area (Å²) < 4.78 is 0. The van der Waals surface area contributed by atoms with Crippen molar-refractivity contribution in [1.82, 2.24) is 10.9 Å². The Morgan fingerprint density at radius 3 is 2.43 bits per heavy atom. The van der Waals surface area contributed by atoms with E-state index in [1.54, 1.807) is 0 Å². The van der Waals surface area contributed by atoms with Crippen LogP contribution in [0.15, 0.2) is 18.2 Å². The van der Waals surface area contributed by atoms with E-state index in [9.17, 15) is 24.5 Å². The van der Waals surface area contributed by atoms with Gasteiger partial charge in [-0.05, 0) is 19.1 Å². The molecular weight excluding hydrogens is 282 g/mol. The maximum absolute atomic E-state index is 11.7. The standard InChI is InChI=1S/C12H13N3O6/c1-7-6-8(2-3-9(7)15(20)21)12(19)14-13-10(16)4-5-11(17)18/h2-3,6H,4-5H2,1H3,(H,13,16)(H,14,19)(H,17,18). The number of carbonyl (C=O) groups excluding carboxylic acids is 2. The van der Waals surface area contributed by atoms with Crippen LogP contribution in [-0.4, -0.2) is 27.8 Å². The fraction of sp³-hybridized carbons (Fsp3) is 0.250. The first-order chi connectivity index (χ1) is 9.81. The quantitative estimate of drug-likeness (QED) is 0.535. The first kappa shape index (κ1) is 16.1. The van der Waals surface area contributed by atoms with Crippen molar-refractivity contribution >= 4 is 23.5 Å². The van der Waals surface area contributed by atoms with Crippen LogP contribution in [0.1, 0.15) is 28.8 Å². The Kier molecular flexibility index (Phi) is 5.35. The van der Waals surface area contributed by atoms with Gasteiger partial charge in [0, 0.05) is 23.6 Å². The number of nitro groups is 1. The first-order valence-corrected chi connectivity index (χ1v) is 5.87. The molecule has 1 aromatic carbocycles. The van der Waals surface area contributed by atoms with Crippen LogP contribution in [0.4, 0.5) is 5.69 Å². The zero-order valence-corrected chi connectivity index (χ0v) is 11.1. The number of amides is 2. The Bertz CT molecular complexity index is 599. The molecular formula is C12H13N3O6. The van der Waals surface area contributed by atoms with Crippen LogP contribution in [0.3, 0.4) is 0 Å². The molecule has 0 atom stereocenters. The van der Waals surface area contributed by atoms with Crippen LogP contribution >= 0.6 is 0 Å². The molecule has 0 aromatic heterocycles. The van der Waals surface area contributed by atoms with Crippen molar-refractivity contribution in [2.24, 2.45) is 0 Å². The smallest absolute Gasteiger partial charge is 0.303 e. The van der Waals surface area contributed by atoms with Crippen LogP contribution < -0.4 is 10.9 Å². The van der Waals surface area contributed by atoms with Gasteiger partial charge in [-0.2, -0.15) is 0 Å². The molecule has 0 aliphatic carbocycles. The molecule has 0 aliphatic heterocycles. The second-order valence-corrected chi connectivity index (χ2v) is 4.15. The van der Waals surface area contributed by atoms with E-state index in [1.807, 2.05) is 0 Å². The van der Waals surface area contributed by atoms with Crippen LogP contribution in [0.5, 0.6) is 0 Å². The molecule has 3 N–H and O–H groups in total. The van der Waals surface area contributed by atoms with Crippen LogP contribution in [0.25, 0.3) is 0 Å². The van der Waals surface area contributed by atoms with Gasteiger partial charge in [-0.3, -0.25) is 35.3 Å². The Balaban J connectivity index is 2.60. The summed E-state index contributed by atoms with van der Waals surface area (Å²) in [6, 6.07) is 3.76. The van der Waals surface area contributed by atoms with E-state index in [1.165, 1.54) is 25.1 Å². The minimum Gasteiger partial charge on any atom is -0.481 e. The van der Waals surface area contributed by atoms with Gasteiger partial charge in [-0.15, -0.1) is 0 Å². The summed E-state index contributed by atoms with van der Waals surface area (Å²) in [5, 5.41) is 19.0. The molecule has 0 aliphatic rings. The monoisotopic (exact) mass is 295 g/mol. The zero-order chi connectivity index (χ0) is 16.0. The lowest BCUT2D eigenvalue weighted by molar-refractivity contribution is -0.385. The van der Waals surface area contributed by atoms with Gasteiger partial charge in [-0.25, -0.2) is 0 Å². The fourth-order valence-corrected chi connectivity index (χ4v) is 1.48. The molecule has 9 heteroatoms. The van der Waals surface area contributed by atoms with E-state index in [2.05, 4.69) is 10.9 Å². The SMILES string of the molecule is Cc1cc(C(=O)NNC(=O)CCC(=O)O)ccc1[N+](=O)[O-]. The second-order valence-electron chi connectivity index (χ2n) is 4.15. The average Bonchev–Trinajstić information content (AvgIpc) is 2.41. The molecule has 0 saturated heterocycles. The molecule has 0 radical (unpaired) electrons. The lowest BCUT2D eigenvalue weighted by Gasteiger charge is -2.07. The predicted octanol–water partition coefficient (Wildman–Crippen LogP) is 0.529. The van der Waals surface area contributed by atoms with E-state index >= 15 is 0 Å². The Morgan fingerprint density at radius 2 is 1.90 bits per heavy atom. The van der Waals surface area contributed by atoms with Crippen molar-refractivity contribution < 1.29 is 24.4 Å². The third-order valence-electron chi connectivity index (χ3n) is 2.54. The number of nitro benzene ring substituents is 1. The zero-order valence-electron chi connectivity index (χ0n) is 11.1. The molecule has 2 amide bonds. The third-order valence-corrected chi connectivity index (χ3v) is 2.54. The van der Waals surface area contributed by atoms with Crippen molar-refractivity contribution in [2.75, 3.05) is 0 Å². The molecule has 1 aromatic rings. The largest absolute Gasteiger partial charge is 0.481 e. The number of rotatable bonds is 5. The predicted molar refractivity (Wildman–Crippen MR) is 70.3 cm³/mol. The number of aryl methyl sites for hydroxylation is 1.